The lowest BCUT2D eigenvalue weighted by Crippen LogP contribution is -2.12. The third-order valence-electron chi connectivity index (χ3n) is 2.47. The molecule has 0 saturated heterocycles. The van der Waals surface area contributed by atoms with Crippen molar-refractivity contribution in [1.29, 1.82) is 2.86 Å². The lowest BCUT2D eigenvalue weighted by molar-refractivity contribution is 0.0650. The summed E-state index contributed by atoms with van der Waals surface area (Å²) in [6, 6.07) is 6.41. The molecule has 0 aliphatic heterocycles. The van der Waals surface area contributed by atoms with Crippen LogP contribution in [0.4, 0.5) is 0 Å². The van der Waals surface area contributed by atoms with Gasteiger partial charge in [-0.2, -0.15) is 8.42 Å². The molecule has 0 spiro atoms. The standard InChI is InChI=1S/C11H16O5S.C4H10O3/c1-10-2-4-11(5-3-10)17(13,14)16-9-8-15-7-6-12;5-1-3-7-4-2-6/h2-5,12H,6-9H2,1H3;5-6H,1-4H2/i12T;5T. The highest BCUT2D eigenvalue weighted by atomic mass is 32.2. The fourth-order valence-electron chi connectivity index (χ4n) is 1.36. The van der Waals surface area contributed by atoms with Crippen molar-refractivity contribution < 1.29 is 37.4 Å². The summed E-state index contributed by atoms with van der Waals surface area (Å²) >= 11 is 0. The zero-order valence-electron chi connectivity index (χ0n) is 15.7. The maximum absolute atomic E-state index is 11.7. The Kier molecular flexibility index (Phi) is 11.5. The van der Waals surface area contributed by atoms with E-state index in [-0.39, 0.29) is 44.5 Å². The van der Waals surface area contributed by atoms with Gasteiger partial charge in [-0.15, -0.1) is 0 Å². The molecular weight excluding hydrogens is 340 g/mol. The summed E-state index contributed by atoms with van der Waals surface area (Å²) in [5.41, 5.74) is 0.979. The van der Waals surface area contributed by atoms with Crippen molar-refractivity contribution in [2.24, 2.45) is 0 Å². The molecule has 8 nitrogen and oxygen atoms in total. The van der Waals surface area contributed by atoms with E-state index in [1.807, 2.05) is 6.92 Å². The maximum atomic E-state index is 11.7. The van der Waals surface area contributed by atoms with Gasteiger partial charge >= 0.3 is 0 Å². The van der Waals surface area contributed by atoms with Crippen LogP contribution in [-0.2, 0) is 23.8 Å². The van der Waals surface area contributed by atoms with Gasteiger partial charge in [0.1, 0.15) is 0 Å². The van der Waals surface area contributed by atoms with Crippen LogP contribution in [0.1, 0.15) is 5.56 Å². The van der Waals surface area contributed by atoms with Crippen LogP contribution in [0, 0.1) is 6.92 Å². The van der Waals surface area contributed by atoms with E-state index >= 15 is 0 Å². The molecule has 0 aromatic heterocycles. The van der Waals surface area contributed by atoms with E-state index in [1.54, 1.807) is 12.1 Å². The molecule has 24 heavy (non-hydrogen) atoms. The molecule has 0 aliphatic carbocycles. The molecule has 3 N–H and O–H groups in total. The number of rotatable bonds is 13. The van der Waals surface area contributed by atoms with Crippen LogP contribution in [0.25, 0.3) is 0 Å². The molecule has 1 aromatic carbocycles. The molecule has 0 aliphatic rings. The Morgan fingerprint density at radius 3 is 2.00 bits per heavy atom. The Balaban J connectivity index is 0.000000660. The average Bonchev–Trinajstić information content (AvgIpc) is 2.63. The Morgan fingerprint density at radius 1 is 0.917 bits per heavy atom. The largest absolute Gasteiger partial charge is 0.394 e. The zero-order chi connectivity index (χ0) is 19.7. The Morgan fingerprint density at radius 2 is 1.46 bits per heavy atom. The minimum absolute atomic E-state index is 0.0258. The molecule has 0 unspecified atom stereocenters. The average molecular weight is 370 g/mol. The Bertz CT molecular complexity index is 533. The van der Waals surface area contributed by atoms with Crippen LogP contribution < -0.4 is 0 Å². The SMILES string of the molecule is [3H]OCCOCCO.[3H]OCCOCCOS(=O)(=O)c1ccc(C)cc1. The van der Waals surface area contributed by atoms with E-state index < -0.39 is 10.1 Å². The second-order valence-corrected chi connectivity index (χ2v) is 6.06. The summed E-state index contributed by atoms with van der Waals surface area (Å²) in [7, 11) is -3.72. The molecule has 0 radical (unpaired) electrons. The van der Waals surface area contributed by atoms with Crippen molar-refractivity contribution in [1.82, 2.24) is 0 Å². The number of aryl methyl sites for hydroxylation is 1. The first kappa shape index (κ1) is 19.3. The highest BCUT2D eigenvalue weighted by Gasteiger charge is 2.14. The molecular formula is C15H26O8S. The van der Waals surface area contributed by atoms with Crippen LogP contribution in [0.15, 0.2) is 29.2 Å². The third kappa shape index (κ3) is 11.5. The number of hydrogen-bond acceptors (Lipinski definition) is 8. The molecule has 1 rings (SSSR count). The lowest BCUT2D eigenvalue weighted by atomic mass is 10.2. The van der Waals surface area contributed by atoms with E-state index in [1.165, 1.54) is 12.1 Å². The fraction of sp³-hybridized carbons (Fsp3) is 0.600. The zero-order valence-corrected chi connectivity index (χ0v) is 14.5. The summed E-state index contributed by atoms with van der Waals surface area (Å²) in [6.07, 6.45) is 0. The van der Waals surface area contributed by atoms with Gasteiger partial charge in [0.15, 0.2) is 0 Å². The van der Waals surface area contributed by atoms with Crippen molar-refractivity contribution >= 4 is 10.1 Å². The van der Waals surface area contributed by atoms with E-state index in [0.717, 1.165) is 5.56 Å². The number of hydrogen-bond donors (Lipinski definition) is 3. The van der Waals surface area contributed by atoms with Gasteiger partial charge in [-0.25, -0.2) is 0 Å². The van der Waals surface area contributed by atoms with E-state index in [9.17, 15) is 8.42 Å². The van der Waals surface area contributed by atoms with Crippen molar-refractivity contribution in [2.75, 3.05) is 52.9 Å². The fourth-order valence-corrected chi connectivity index (χ4v) is 2.26. The van der Waals surface area contributed by atoms with Gasteiger partial charge in [-0.3, -0.25) is 4.18 Å². The van der Waals surface area contributed by atoms with Crippen LogP contribution >= 0.6 is 0 Å². The molecule has 0 bridgehead atoms. The number of ether oxygens (including phenoxy) is 2. The molecule has 0 heterocycles. The lowest BCUT2D eigenvalue weighted by Gasteiger charge is -2.06. The minimum Gasteiger partial charge on any atom is -0.394 e. The molecule has 0 amide bonds. The van der Waals surface area contributed by atoms with Crippen LogP contribution in [0.5, 0.6) is 0 Å². The van der Waals surface area contributed by atoms with Crippen molar-refractivity contribution in [3.8, 4) is 0 Å². The molecule has 1 aromatic rings. The quantitative estimate of drug-likeness (QED) is 0.319. The summed E-state index contributed by atoms with van der Waals surface area (Å²) in [6.45, 7) is 3.32. The normalized spacial score (nSPS) is 12.1. The Hall–Kier alpha value is -1.07. The number of aliphatic hydroxyl groups excluding tert-OH is 3. The second kappa shape index (κ2) is 14.3. The Labute approximate surface area is 145 Å². The predicted octanol–water partition coefficient (Wildman–Crippen LogP) is -0.303. The first-order valence-corrected chi connectivity index (χ1v) is 8.77. The monoisotopic (exact) mass is 370 g/mol. The topological polar surface area (TPSA) is 123 Å². The van der Waals surface area contributed by atoms with Gasteiger partial charge in [-0.05, 0) is 19.1 Å². The van der Waals surface area contributed by atoms with E-state index in [0.29, 0.717) is 13.2 Å². The second-order valence-electron chi connectivity index (χ2n) is 4.45. The van der Waals surface area contributed by atoms with Crippen molar-refractivity contribution in [2.45, 2.75) is 11.8 Å². The molecule has 0 atom stereocenters. The maximum Gasteiger partial charge on any atom is 0.297 e. The first-order chi connectivity index (χ1) is 12.5. The highest BCUT2D eigenvalue weighted by molar-refractivity contribution is 7.86. The molecule has 9 heteroatoms. The van der Waals surface area contributed by atoms with E-state index in [2.05, 4.69) is 10.2 Å². The summed E-state index contributed by atoms with van der Waals surface area (Å²) in [5, 5.41) is 16.1. The summed E-state index contributed by atoms with van der Waals surface area (Å²) in [5.74, 6) is 0. The summed E-state index contributed by atoms with van der Waals surface area (Å²) in [4.78, 5) is 0.127. The van der Waals surface area contributed by atoms with Crippen LogP contribution in [0.2, 0.25) is 0 Å². The molecule has 0 saturated carbocycles. The smallest absolute Gasteiger partial charge is 0.297 e. The summed E-state index contributed by atoms with van der Waals surface area (Å²) < 4.78 is 50.5. The minimum atomic E-state index is -3.72. The number of benzene rings is 1. The van der Waals surface area contributed by atoms with E-state index in [4.69, 9.17) is 21.6 Å². The van der Waals surface area contributed by atoms with Gasteiger partial charge in [0.2, 0.25) is 2.86 Å². The number of aliphatic hydroxyl groups is 3. The van der Waals surface area contributed by atoms with Crippen LogP contribution in [-0.4, -0.2) is 79.5 Å². The van der Waals surface area contributed by atoms with Gasteiger partial charge in [0.25, 0.3) is 10.1 Å². The molecule has 140 valence electrons. The van der Waals surface area contributed by atoms with Gasteiger partial charge in [0.05, 0.1) is 57.8 Å². The van der Waals surface area contributed by atoms with Crippen LogP contribution in [0.3, 0.4) is 0 Å². The third-order valence-corrected chi connectivity index (χ3v) is 3.79. The van der Waals surface area contributed by atoms with Crippen molar-refractivity contribution in [3.63, 3.8) is 0 Å². The highest BCUT2D eigenvalue weighted by Crippen LogP contribution is 2.12. The molecule has 0 fully saturated rings. The first-order valence-electron chi connectivity index (χ1n) is 8.18. The predicted molar refractivity (Wildman–Crippen MR) is 87.2 cm³/mol. The van der Waals surface area contributed by atoms with Gasteiger partial charge < -0.3 is 24.8 Å². The van der Waals surface area contributed by atoms with Crippen molar-refractivity contribution in [3.05, 3.63) is 29.8 Å². The van der Waals surface area contributed by atoms with Gasteiger partial charge in [0, 0.05) is 0 Å². The van der Waals surface area contributed by atoms with Gasteiger partial charge in [-0.1, -0.05) is 17.7 Å².